The Morgan fingerprint density at radius 1 is 1.19 bits per heavy atom. The summed E-state index contributed by atoms with van der Waals surface area (Å²) in [7, 11) is 1.57. The lowest BCUT2D eigenvalue weighted by molar-refractivity contribution is -0.154. The second-order valence-electron chi connectivity index (χ2n) is 8.33. The molecule has 8 heteroatoms. The van der Waals surface area contributed by atoms with Crippen LogP contribution in [0.5, 0.6) is 11.5 Å². The smallest absolute Gasteiger partial charge is 0.332 e. The maximum atomic E-state index is 13.8. The molecular weight excluding hydrogens is 412 g/mol. The van der Waals surface area contributed by atoms with E-state index in [4.69, 9.17) is 14.2 Å². The van der Waals surface area contributed by atoms with Gasteiger partial charge in [0, 0.05) is 17.5 Å². The molecular formula is C24H24N2O6. The maximum absolute atomic E-state index is 13.8. The van der Waals surface area contributed by atoms with Crippen molar-refractivity contribution in [1.29, 1.82) is 0 Å². The molecule has 0 radical (unpaired) electrons. The van der Waals surface area contributed by atoms with Gasteiger partial charge in [-0.05, 0) is 38.1 Å². The van der Waals surface area contributed by atoms with Gasteiger partial charge in [-0.3, -0.25) is 9.59 Å². The van der Waals surface area contributed by atoms with E-state index in [2.05, 4.69) is 0 Å². The number of methoxy groups -OCH3 is 1. The fourth-order valence-corrected chi connectivity index (χ4v) is 5.40. The number of nitrogens with zero attached hydrogens (tertiary/aromatic N) is 2. The molecule has 5 rings (SSSR count). The number of rotatable bonds is 4. The van der Waals surface area contributed by atoms with Crippen molar-refractivity contribution < 1.29 is 28.6 Å². The SMILES string of the molecule is CCOC(=O)[C@@H]1[C@H]2COc3cc(OC)ccc3[C@@H]2N2C(=O)N(c3ccccc3)C(=O)[C@@]12C. The molecule has 8 nitrogen and oxygen atoms in total. The molecule has 0 unspecified atom stereocenters. The monoisotopic (exact) mass is 436 g/mol. The molecule has 32 heavy (non-hydrogen) atoms. The van der Waals surface area contributed by atoms with Crippen LogP contribution < -0.4 is 14.4 Å². The van der Waals surface area contributed by atoms with E-state index in [9.17, 15) is 14.4 Å². The molecule has 3 amide bonds. The molecule has 2 fully saturated rings. The summed E-state index contributed by atoms with van der Waals surface area (Å²) in [5.41, 5.74) is -0.171. The molecule has 2 aromatic carbocycles. The predicted molar refractivity (Wildman–Crippen MR) is 114 cm³/mol. The fourth-order valence-electron chi connectivity index (χ4n) is 5.40. The average molecular weight is 436 g/mol. The van der Waals surface area contributed by atoms with Gasteiger partial charge in [-0.1, -0.05) is 18.2 Å². The predicted octanol–water partition coefficient (Wildman–Crippen LogP) is 3.17. The topological polar surface area (TPSA) is 85.4 Å². The minimum Gasteiger partial charge on any atom is -0.497 e. The Morgan fingerprint density at radius 2 is 1.94 bits per heavy atom. The molecule has 4 atom stereocenters. The van der Waals surface area contributed by atoms with Gasteiger partial charge >= 0.3 is 12.0 Å². The summed E-state index contributed by atoms with van der Waals surface area (Å²) in [4.78, 5) is 43.4. The second kappa shape index (κ2) is 7.25. The highest BCUT2D eigenvalue weighted by molar-refractivity contribution is 6.24. The van der Waals surface area contributed by atoms with E-state index in [1.54, 1.807) is 62.3 Å². The first-order valence-corrected chi connectivity index (χ1v) is 10.6. The van der Waals surface area contributed by atoms with E-state index in [1.165, 1.54) is 4.90 Å². The van der Waals surface area contributed by atoms with Crippen LogP contribution in [-0.2, 0) is 14.3 Å². The first kappa shape index (κ1) is 20.4. The normalized spacial score (nSPS) is 28.0. The average Bonchev–Trinajstić information content (AvgIpc) is 3.19. The van der Waals surface area contributed by atoms with Crippen molar-refractivity contribution in [3.8, 4) is 11.5 Å². The molecule has 2 aromatic rings. The lowest BCUT2D eigenvalue weighted by Crippen LogP contribution is -2.51. The third-order valence-electron chi connectivity index (χ3n) is 6.78. The Hall–Kier alpha value is -3.55. The zero-order valence-corrected chi connectivity index (χ0v) is 18.1. The van der Waals surface area contributed by atoms with Gasteiger partial charge in [0.2, 0.25) is 0 Å². The highest BCUT2D eigenvalue weighted by atomic mass is 16.5. The van der Waals surface area contributed by atoms with E-state index in [-0.39, 0.29) is 13.2 Å². The highest BCUT2D eigenvalue weighted by Gasteiger charge is 2.72. The molecule has 0 saturated carbocycles. The summed E-state index contributed by atoms with van der Waals surface area (Å²) >= 11 is 0. The summed E-state index contributed by atoms with van der Waals surface area (Å²) < 4.78 is 16.7. The van der Waals surface area contributed by atoms with Crippen molar-refractivity contribution in [2.45, 2.75) is 25.4 Å². The van der Waals surface area contributed by atoms with E-state index < -0.39 is 41.3 Å². The van der Waals surface area contributed by atoms with Crippen LogP contribution in [0.25, 0.3) is 0 Å². The minimum atomic E-state index is -1.39. The number of hydrogen-bond acceptors (Lipinski definition) is 6. The molecule has 0 bridgehead atoms. The van der Waals surface area contributed by atoms with Gasteiger partial charge in [0.05, 0.1) is 38.0 Å². The van der Waals surface area contributed by atoms with Crippen molar-refractivity contribution in [3.05, 3.63) is 54.1 Å². The number of carbonyl (C=O) groups is 3. The van der Waals surface area contributed by atoms with Gasteiger partial charge in [0.25, 0.3) is 5.91 Å². The quantitative estimate of drug-likeness (QED) is 0.541. The van der Waals surface area contributed by atoms with Crippen LogP contribution in [0, 0.1) is 11.8 Å². The maximum Gasteiger partial charge on any atom is 0.332 e. The van der Waals surface area contributed by atoms with Crippen LogP contribution in [0.15, 0.2) is 48.5 Å². The number of amides is 3. The number of imide groups is 1. The number of para-hydroxylation sites is 1. The number of anilines is 1. The zero-order valence-electron chi connectivity index (χ0n) is 18.1. The van der Waals surface area contributed by atoms with Gasteiger partial charge in [-0.15, -0.1) is 0 Å². The van der Waals surface area contributed by atoms with E-state index >= 15 is 0 Å². The molecule has 0 spiro atoms. The third-order valence-corrected chi connectivity index (χ3v) is 6.78. The summed E-state index contributed by atoms with van der Waals surface area (Å²) in [5, 5.41) is 0. The Labute approximate surface area is 185 Å². The largest absolute Gasteiger partial charge is 0.497 e. The third kappa shape index (κ3) is 2.58. The van der Waals surface area contributed by atoms with Crippen LogP contribution >= 0.6 is 0 Å². The van der Waals surface area contributed by atoms with E-state index in [1.807, 2.05) is 12.1 Å². The lowest BCUT2D eigenvalue weighted by atomic mass is 9.77. The Bertz CT molecular complexity index is 1100. The summed E-state index contributed by atoms with van der Waals surface area (Å²) in [6.45, 7) is 3.76. The van der Waals surface area contributed by atoms with Crippen LogP contribution in [0.2, 0.25) is 0 Å². The number of urea groups is 1. The first-order valence-electron chi connectivity index (χ1n) is 10.6. The molecule has 3 heterocycles. The van der Waals surface area contributed by atoms with E-state index in [0.717, 1.165) is 5.56 Å². The minimum absolute atomic E-state index is 0.183. The standard InChI is InChI=1S/C24H24N2O6/c1-4-31-21(27)19-17-13-32-18-12-15(30-3)10-11-16(18)20(17)26-23(29)25(22(28)24(19,26)2)14-8-6-5-7-9-14/h5-12,17,19-20H,4,13H2,1-3H3/t17-,19+,20+,24-/m1/s1. The van der Waals surface area contributed by atoms with Crippen molar-refractivity contribution in [2.75, 3.05) is 25.2 Å². The van der Waals surface area contributed by atoms with Gasteiger partial charge in [0.15, 0.2) is 0 Å². The number of fused-ring (bicyclic) bond motifs is 5. The number of carbonyl (C=O) groups excluding carboxylic acids is 3. The summed E-state index contributed by atoms with van der Waals surface area (Å²) in [6.07, 6.45) is 0. The molecule has 3 aliphatic heterocycles. The van der Waals surface area contributed by atoms with Crippen molar-refractivity contribution >= 4 is 23.6 Å². The molecule has 2 saturated heterocycles. The number of esters is 1. The number of benzene rings is 2. The van der Waals surface area contributed by atoms with Crippen LogP contribution in [0.3, 0.4) is 0 Å². The van der Waals surface area contributed by atoms with Crippen molar-refractivity contribution in [3.63, 3.8) is 0 Å². The Balaban J connectivity index is 1.67. The second-order valence-corrected chi connectivity index (χ2v) is 8.33. The van der Waals surface area contributed by atoms with Gasteiger partial charge in [-0.2, -0.15) is 0 Å². The van der Waals surface area contributed by atoms with Crippen LogP contribution in [0.1, 0.15) is 25.5 Å². The van der Waals surface area contributed by atoms with Gasteiger partial charge in [0.1, 0.15) is 17.0 Å². The Morgan fingerprint density at radius 3 is 2.62 bits per heavy atom. The molecule has 166 valence electrons. The summed E-state index contributed by atoms with van der Waals surface area (Å²) in [6, 6.07) is 13.2. The zero-order chi connectivity index (χ0) is 22.6. The van der Waals surface area contributed by atoms with Gasteiger partial charge < -0.3 is 19.1 Å². The van der Waals surface area contributed by atoms with E-state index in [0.29, 0.717) is 17.2 Å². The first-order chi connectivity index (χ1) is 15.4. The van der Waals surface area contributed by atoms with Crippen LogP contribution in [0.4, 0.5) is 10.5 Å². The molecule has 0 aromatic heterocycles. The molecule has 0 N–H and O–H groups in total. The van der Waals surface area contributed by atoms with Crippen LogP contribution in [-0.4, -0.2) is 48.7 Å². The lowest BCUT2D eigenvalue weighted by Gasteiger charge is -2.34. The Kier molecular flexibility index (Phi) is 4.62. The number of ether oxygens (including phenoxy) is 3. The summed E-state index contributed by atoms with van der Waals surface area (Å²) in [5.74, 6) is -0.991. The van der Waals surface area contributed by atoms with Gasteiger partial charge in [-0.25, -0.2) is 9.69 Å². The van der Waals surface area contributed by atoms with Crippen molar-refractivity contribution in [2.24, 2.45) is 11.8 Å². The highest BCUT2D eigenvalue weighted by Crippen LogP contribution is 2.58. The van der Waals surface area contributed by atoms with Crippen molar-refractivity contribution in [1.82, 2.24) is 4.90 Å². The fraction of sp³-hybridized carbons (Fsp3) is 0.375. The molecule has 0 aliphatic carbocycles. The number of hydrogen-bond donors (Lipinski definition) is 0. The molecule has 3 aliphatic rings.